The van der Waals surface area contributed by atoms with Crippen molar-refractivity contribution in [3.05, 3.63) is 65.2 Å². The molecule has 0 saturated heterocycles. The maximum atomic E-state index is 11.0. The molecular weight excluding hydrogens is 334 g/mol. The molecule has 0 fully saturated rings. The molecule has 2 N–H and O–H groups in total. The Labute approximate surface area is 152 Å². The largest absolute Gasteiger partial charge is 0.497 e. The van der Waals surface area contributed by atoms with Gasteiger partial charge < -0.3 is 19.8 Å². The van der Waals surface area contributed by atoms with E-state index in [0.717, 1.165) is 16.7 Å². The molecule has 0 radical (unpaired) electrons. The van der Waals surface area contributed by atoms with Crippen LogP contribution < -0.4 is 9.47 Å². The highest BCUT2D eigenvalue weighted by atomic mass is 16.5. The molecule has 0 saturated carbocycles. The summed E-state index contributed by atoms with van der Waals surface area (Å²) in [5.41, 5.74) is 3.12. The minimum absolute atomic E-state index is 0.0723. The summed E-state index contributed by atoms with van der Waals surface area (Å²) >= 11 is 0. The summed E-state index contributed by atoms with van der Waals surface area (Å²) in [5.74, 6) is 0.508. The highest BCUT2D eigenvalue weighted by molar-refractivity contribution is 5.97. The Bertz CT molecular complexity index is 742. The number of hydrogen-bond donors (Lipinski definition) is 2. The molecule has 26 heavy (non-hydrogen) atoms. The van der Waals surface area contributed by atoms with E-state index in [9.17, 15) is 4.79 Å². The molecular formula is C20H21NO5. The van der Waals surface area contributed by atoms with Gasteiger partial charge in [0.15, 0.2) is 0 Å². The molecule has 0 aliphatic rings. The minimum Gasteiger partial charge on any atom is -0.497 e. The standard InChI is InChI=1S/C20H21NO5/c1-25-17-8-3-14(4-9-17)20(15-5-10-18(26-2)11-6-15)16(13-21-24)7-12-19(22)23/h3-6,8-11,13,24H,7,12H2,1-2H3,(H,22,23). The number of rotatable bonds is 8. The predicted molar refractivity (Wildman–Crippen MR) is 99.2 cm³/mol. The molecule has 0 aromatic heterocycles. The van der Waals surface area contributed by atoms with Gasteiger partial charge in [-0.25, -0.2) is 0 Å². The van der Waals surface area contributed by atoms with E-state index in [1.54, 1.807) is 14.2 Å². The minimum atomic E-state index is -0.919. The fourth-order valence-corrected chi connectivity index (χ4v) is 2.62. The number of carboxylic acids is 1. The highest BCUT2D eigenvalue weighted by Gasteiger charge is 2.13. The van der Waals surface area contributed by atoms with Crippen molar-refractivity contribution in [2.75, 3.05) is 14.2 Å². The maximum absolute atomic E-state index is 11.0. The predicted octanol–water partition coefficient (Wildman–Crippen LogP) is 3.83. The molecule has 0 bridgehead atoms. The van der Waals surface area contributed by atoms with Gasteiger partial charge in [0.1, 0.15) is 11.5 Å². The van der Waals surface area contributed by atoms with Crippen LogP contribution in [0.2, 0.25) is 0 Å². The van der Waals surface area contributed by atoms with Gasteiger partial charge in [0.05, 0.1) is 20.4 Å². The SMILES string of the molecule is COc1ccc(C(=C(C=NO)CCC(=O)O)c2ccc(OC)cc2)cc1. The number of hydrogen-bond acceptors (Lipinski definition) is 5. The van der Waals surface area contributed by atoms with Gasteiger partial charge >= 0.3 is 5.97 Å². The van der Waals surface area contributed by atoms with Crippen LogP contribution in [0.4, 0.5) is 0 Å². The number of ether oxygens (including phenoxy) is 2. The zero-order valence-electron chi connectivity index (χ0n) is 14.7. The highest BCUT2D eigenvalue weighted by Crippen LogP contribution is 2.31. The Morgan fingerprint density at radius 1 is 0.923 bits per heavy atom. The monoisotopic (exact) mass is 355 g/mol. The van der Waals surface area contributed by atoms with Crippen molar-refractivity contribution in [3.63, 3.8) is 0 Å². The van der Waals surface area contributed by atoms with E-state index in [1.807, 2.05) is 48.5 Å². The van der Waals surface area contributed by atoms with E-state index in [0.29, 0.717) is 17.1 Å². The second-order valence-electron chi connectivity index (χ2n) is 5.50. The Morgan fingerprint density at radius 3 is 1.73 bits per heavy atom. The molecule has 0 unspecified atom stereocenters. The van der Waals surface area contributed by atoms with Gasteiger partial charge in [0.25, 0.3) is 0 Å². The number of benzene rings is 2. The van der Waals surface area contributed by atoms with E-state index < -0.39 is 5.97 Å². The number of oxime groups is 1. The fourth-order valence-electron chi connectivity index (χ4n) is 2.62. The molecule has 2 aromatic rings. The lowest BCUT2D eigenvalue weighted by atomic mass is 9.91. The zero-order chi connectivity index (χ0) is 18.9. The van der Waals surface area contributed by atoms with E-state index in [2.05, 4.69) is 5.16 Å². The quantitative estimate of drug-likeness (QED) is 0.427. The van der Waals surface area contributed by atoms with E-state index in [1.165, 1.54) is 6.21 Å². The van der Waals surface area contributed by atoms with E-state index >= 15 is 0 Å². The number of carbonyl (C=O) groups is 1. The first-order chi connectivity index (χ1) is 12.6. The van der Waals surface area contributed by atoms with Crippen LogP contribution in [-0.2, 0) is 4.79 Å². The fraction of sp³-hybridized carbons (Fsp3) is 0.200. The van der Waals surface area contributed by atoms with Gasteiger partial charge in [-0.2, -0.15) is 0 Å². The lowest BCUT2D eigenvalue weighted by Crippen LogP contribution is -2.01. The summed E-state index contributed by atoms with van der Waals surface area (Å²) in [4.78, 5) is 11.0. The molecule has 0 heterocycles. The van der Waals surface area contributed by atoms with Crippen LogP contribution in [-0.4, -0.2) is 36.7 Å². The summed E-state index contributed by atoms with van der Waals surface area (Å²) in [6, 6.07) is 14.8. The van der Waals surface area contributed by atoms with Crippen molar-refractivity contribution in [1.29, 1.82) is 0 Å². The zero-order valence-corrected chi connectivity index (χ0v) is 14.7. The third-order valence-corrected chi connectivity index (χ3v) is 3.90. The molecule has 6 nitrogen and oxygen atoms in total. The average molecular weight is 355 g/mol. The average Bonchev–Trinajstić information content (AvgIpc) is 2.67. The van der Waals surface area contributed by atoms with E-state index in [4.69, 9.17) is 19.8 Å². The van der Waals surface area contributed by atoms with Gasteiger partial charge in [-0.1, -0.05) is 29.4 Å². The van der Waals surface area contributed by atoms with Crippen LogP contribution in [0.15, 0.2) is 59.3 Å². The maximum Gasteiger partial charge on any atom is 0.303 e. The smallest absolute Gasteiger partial charge is 0.303 e. The summed E-state index contributed by atoms with van der Waals surface area (Å²) in [6.07, 6.45) is 1.44. The van der Waals surface area contributed by atoms with Gasteiger partial charge in [0, 0.05) is 6.42 Å². The normalized spacial score (nSPS) is 10.5. The Kier molecular flexibility index (Phi) is 6.79. The molecule has 0 spiro atoms. The van der Waals surface area contributed by atoms with Crippen molar-refractivity contribution in [3.8, 4) is 11.5 Å². The second-order valence-corrected chi connectivity index (χ2v) is 5.50. The summed E-state index contributed by atoms with van der Waals surface area (Å²) in [5, 5.41) is 21.2. The lowest BCUT2D eigenvalue weighted by Gasteiger charge is -2.14. The van der Waals surface area contributed by atoms with Crippen LogP contribution in [0.3, 0.4) is 0 Å². The molecule has 0 aliphatic heterocycles. The first kappa shape index (κ1) is 19.1. The van der Waals surface area contributed by atoms with Crippen LogP contribution in [0.25, 0.3) is 5.57 Å². The van der Waals surface area contributed by atoms with Gasteiger partial charge in [-0.15, -0.1) is 0 Å². The number of nitrogens with zero attached hydrogens (tertiary/aromatic N) is 1. The Balaban J connectivity index is 2.60. The molecule has 0 atom stereocenters. The molecule has 0 amide bonds. The number of allylic oxidation sites excluding steroid dienone is 1. The second kappa shape index (κ2) is 9.27. The van der Waals surface area contributed by atoms with Crippen molar-refractivity contribution < 1.29 is 24.6 Å². The van der Waals surface area contributed by atoms with Crippen molar-refractivity contribution in [2.24, 2.45) is 5.16 Å². The van der Waals surface area contributed by atoms with Gasteiger partial charge in [-0.3, -0.25) is 4.79 Å². The summed E-state index contributed by atoms with van der Waals surface area (Å²) in [7, 11) is 3.18. The van der Waals surface area contributed by atoms with Crippen molar-refractivity contribution >= 4 is 17.8 Å². The number of carboxylic acid groups (broad SMARTS) is 1. The first-order valence-corrected chi connectivity index (χ1v) is 8.00. The lowest BCUT2D eigenvalue weighted by molar-refractivity contribution is -0.136. The van der Waals surface area contributed by atoms with Crippen LogP contribution in [0.1, 0.15) is 24.0 Å². The van der Waals surface area contributed by atoms with Crippen molar-refractivity contribution in [2.45, 2.75) is 12.8 Å². The summed E-state index contributed by atoms with van der Waals surface area (Å²) < 4.78 is 10.4. The molecule has 0 aliphatic carbocycles. The van der Waals surface area contributed by atoms with Crippen molar-refractivity contribution in [1.82, 2.24) is 0 Å². The van der Waals surface area contributed by atoms with Crippen LogP contribution in [0.5, 0.6) is 11.5 Å². The number of methoxy groups -OCH3 is 2. The Morgan fingerprint density at radius 2 is 1.38 bits per heavy atom. The van der Waals surface area contributed by atoms with Crippen LogP contribution >= 0.6 is 0 Å². The number of aliphatic carboxylic acids is 1. The van der Waals surface area contributed by atoms with Gasteiger partial charge in [-0.05, 0) is 53.0 Å². The Hall–Kier alpha value is -3.28. The topological polar surface area (TPSA) is 88.4 Å². The molecule has 2 aromatic carbocycles. The molecule has 2 rings (SSSR count). The third-order valence-electron chi connectivity index (χ3n) is 3.90. The molecule has 136 valence electrons. The van der Waals surface area contributed by atoms with Crippen LogP contribution in [0, 0.1) is 0 Å². The first-order valence-electron chi connectivity index (χ1n) is 8.00. The molecule has 6 heteroatoms. The third kappa shape index (κ3) is 4.86. The summed E-state index contributed by atoms with van der Waals surface area (Å²) in [6.45, 7) is 0. The van der Waals surface area contributed by atoms with Gasteiger partial charge in [0.2, 0.25) is 0 Å². The van der Waals surface area contributed by atoms with E-state index in [-0.39, 0.29) is 12.8 Å².